The predicted molar refractivity (Wildman–Crippen MR) is 177 cm³/mol. The third-order valence-electron chi connectivity index (χ3n) is 10.2. The van der Waals surface area contributed by atoms with Gasteiger partial charge in [-0.25, -0.2) is 14.0 Å². The van der Waals surface area contributed by atoms with E-state index in [1.807, 2.05) is 29.2 Å². The SMILES string of the molecule is Cc1ccc(F)cc1NC(=O)N[C@@H](CC(=O)N1CCC(N2Cc3ccccc3NC2=O)CC1)C(=O)N1CCC(N2CCCCC2)CC1. The summed E-state index contributed by atoms with van der Waals surface area (Å²) in [7, 11) is 0. The van der Waals surface area contributed by atoms with Crippen LogP contribution in [0.25, 0.3) is 0 Å². The Balaban J connectivity index is 1.08. The zero-order valence-corrected chi connectivity index (χ0v) is 27.2. The van der Waals surface area contributed by atoms with Crippen molar-refractivity contribution in [2.45, 2.75) is 83.0 Å². The van der Waals surface area contributed by atoms with Gasteiger partial charge in [-0.2, -0.15) is 0 Å². The number of piperidine rings is 3. The van der Waals surface area contributed by atoms with Crippen molar-refractivity contribution in [2.24, 2.45) is 0 Å². The van der Waals surface area contributed by atoms with Crippen molar-refractivity contribution in [2.75, 3.05) is 49.9 Å². The van der Waals surface area contributed by atoms with Crippen molar-refractivity contribution in [1.29, 1.82) is 0 Å². The van der Waals surface area contributed by atoms with E-state index < -0.39 is 17.9 Å². The van der Waals surface area contributed by atoms with Crippen molar-refractivity contribution in [3.63, 3.8) is 0 Å². The van der Waals surface area contributed by atoms with E-state index in [1.165, 1.54) is 31.4 Å². The molecule has 4 aliphatic heterocycles. The van der Waals surface area contributed by atoms with E-state index in [2.05, 4.69) is 20.9 Å². The number of carbonyl (C=O) groups excluding carboxylic acids is 4. The number of hydrogen-bond acceptors (Lipinski definition) is 5. The molecule has 3 saturated heterocycles. The maximum atomic E-state index is 13.9. The number of carbonyl (C=O) groups is 4. The summed E-state index contributed by atoms with van der Waals surface area (Å²) in [6, 6.07) is 10.4. The van der Waals surface area contributed by atoms with Gasteiger partial charge in [-0.05, 0) is 87.9 Å². The Morgan fingerprint density at radius 3 is 2.32 bits per heavy atom. The van der Waals surface area contributed by atoms with Crippen molar-refractivity contribution >= 4 is 35.3 Å². The van der Waals surface area contributed by atoms with Gasteiger partial charge in [0.15, 0.2) is 0 Å². The highest BCUT2D eigenvalue weighted by Gasteiger charge is 2.36. The Hall–Kier alpha value is -4.19. The Kier molecular flexibility index (Phi) is 10.2. The molecule has 4 aliphatic rings. The number of benzene rings is 2. The van der Waals surface area contributed by atoms with Gasteiger partial charge in [-0.15, -0.1) is 0 Å². The second-order valence-electron chi connectivity index (χ2n) is 13.3. The largest absolute Gasteiger partial charge is 0.342 e. The fourth-order valence-corrected chi connectivity index (χ4v) is 7.45. The number of hydrogen-bond donors (Lipinski definition) is 3. The second-order valence-corrected chi connectivity index (χ2v) is 13.3. The molecule has 6 amide bonds. The summed E-state index contributed by atoms with van der Waals surface area (Å²) < 4.78 is 13.9. The monoisotopic (exact) mass is 647 g/mol. The predicted octanol–water partition coefficient (Wildman–Crippen LogP) is 4.53. The third-order valence-corrected chi connectivity index (χ3v) is 10.2. The van der Waals surface area contributed by atoms with Crippen LogP contribution in [0, 0.1) is 12.7 Å². The van der Waals surface area contributed by atoms with Gasteiger partial charge in [-0.3, -0.25) is 9.59 Å². The average molecular weight is 648 g/mol. The zero-order valence-electron chi connectivity index (χ0n) is 27.2. The molecule has 252 valence electrons. The highest BCUT2D eigenvalue weighted by atomic mass is 19.1. The van der Waals surface area contributed by atoms with Crippen LogP contribution in [0.3, 0.4) is 0 Å². The number of amides is 6. The number of rotatable bonds is 7. The molecule has 0 aliphatic carbocycles. The van der Waals surface area contributed by atoms with Gasteiger partial charge >= 0.3 is 12.1 Å². The first-order valence-electron chi connectivity index (χ1n) is 17.0. The van der Waals surface area contributed by atoms with E-state index in [1.54, 1.807) is 22.8 Å². The topological polar surface area (TPSA) is 117 Å². The van der Waals surface area contributed by atoms with Crippen LogP contribution in [0.2, 0.25) is 0 Å². The maximum absolute atomic E-state index is 13.9. The Morgan fingerprint density at radius 2 is 1.57 bits per heavy atom. The lowest BCUT2D eigenvalue weighted by atomic mass is 9.98. The number of nitrogens with one attached hydrogen (secondary N) is 3. The highest BCUT2D eigenvalue weighted by molar-refractivity contribution is 5.96. The summed E-state index contributed by atoms with van der Waals surface area (Å²) in [5.41, 5.74) is 2.87. The number of anilines is 2. The minimum atomic E-state index is -1.06. The Labute approximate surface area is 275 Å². The molecule has 12 heteroatoms. The fourth-order valence-electron chi connectivity index (χ4n) is 7.45. The number of likely N-dealkylation sites (tertiary alicyclic amines) is 3. The van der Waals surface area contributed by atoms with Gasteiger partial charge in [0.05, 0.1) is 6.42 Å². The molecule has 2 aromatic carbocycles. The van der Waals surface area contributed by atoms with Gasteiger partial charge in [0.2, 0.25) is 11.8 Å². The molecule has 3 fully saturated rings. The quantitative estimate of drug-likeness (QED) is 0.409. The van der Waals surface area contributed by atoms with Crippen molar-refractivity contribution in [3.8, 4) is 0 Å². The fraction of sp³-hybridized carbons (Fsp3) is 0.543. The van der Waals surface area contributed by atoms with Crippen LogP contribution in [-0.4, -0.2) is 101 Å². The standard InChI is InChI=1S/C35H46FN7O4/c1-24-9-10-26(36)21-30(24)37-34(46)38-31(33(45)42-19-11-27(12-20-42)40-15-5-2-6-16-40)22-32(44)41-17-13-28(14-18-41)43-23-25-7-3-4-8-29(25)39-35(43)47/h3-4,7-10,21,27-28,31H,2,5-6,11-20,22-23H2,1H3,(H,39,47)(H2,37,38,46)/t31-/m0/s1. The minimum Gasteiger partial charge on any atom is -0.342 e. The first-order valence-corrected chi connectivity index (χ1v) is 17.0. The third kappa shape index (κ3) is 7.86. The molecule has 0 unspecified atom stereocenters. The Bertz CT molecular complexity index is 1470. The van der Waals surface area contributed by atoms with E-state index in [9.17, 15) is 23.6 Å². The van der Waals surface area contributed by atoms with Crippen LogP contribution in [-0.2, 0) is 16.1 Å². The summed E-state index contributed by atoms with van der Waals surface area (Å²) in [6.07, 6.45) is 6.49. The molecular formula is C35H46FN7O4. The van der Waals surface area contributed by atoms with Gasteiger partial charge < -0.3 is 35.6 Å². The lowest BCUT2D eigenvalue weighted by Gasteiger charge is -2.41. The summed E-state index contributed by atoms with van der Waals surface area (Å²) in [5.74, 6) is -0.985. The normalized spacial score (nSPS) is 20.3. The number of halogens is 1. The number of fused-ring (bicyclic) bond motifs is 1. The number of aryl methyl sites for hydroxylation is 1. The molecule has 0 aromatic heterocycles. The number of urea groups is 2. The molecule has 0 bridgehead atoms. The van der Waals surface area contributed by atoms with Crippen LogP contribution in [0.4, 0.5) is 25.4 Å². The second kappa shape index (κ2) is 14.7. The van der Waals surface area contributed by atoms with Crippen LogP contribution in [0.15, 0.2) is 42.5 Å². The van der Waals surface area contributed by atoms with Gasteiger partial charge in [0, 0.05) is 56.2 Å². The van der Waals surface area contributed by atoms with E-state index in [0.29, 0.717) is 62.9 Å². The molecule has 11 nitrogen and oxygen atoms in total. The molecule has 0 spiro atoms. The van der Waals surface area contributed by atoms with Crippen molar-refractivity contribution < 1.29 is 23.6 Å². The molecule has 0 saturated carbocycles. The zero-order chi connectivity index (χ0) is 32.9. The smallest absolute Gasteiger partial charge is 0.322 e. The molecule has 6 rings (SSSR count). The molecule has 2 aromatic rings. The maximum Gasteiger partial charge on any atom is 0.322 e. The molecule has 1 atom stereocenters. The summed E-state index contributed by atoms with van der Waals surface area (Å²) in [5, 5.41) is 8.38. The minimum absolute atomic E-state index is 0.00977. The first-order chi connectivity index (χ1) is 22.7. The summed E-state index contributed by atoms with van der Waals surface area (Å²) in [6.45, 7) is 6.52. The summed E-state index contributed by atoms with van der Waals surface area (Å²) in [4.78, 5) is 61.4. The van der Waals surface area contributed by atoms with Crippen LogP contribution >= 0.6 is 0 Å². The molecule has 0 radical (unpaired) electrons. The van der Waals surface area contributed by atoms with Crippen LogP contribution in [0.5, 0.6) is 0 Å². The van der Waals surface area contributed by atoms with Crippen LogP contribution < -0.4 is 16.0 Å². The Morgan fingerprint density at radius 1 is 0.894 bits per heavy atom. The summed E-state index contributed by atoms with van der Waals surface area (Å²) >= 11 is 0. The van der Waals surface area contributed by atoms with Gasteiger partial charge in [0.1, 0.15) is 11.9 Å². The first kappa shape index (κ1) is 32.7. The number of nitrogens with zero attached hydrogens (tertiary/aromatic N) is 4. The van der Waals surface area contributed by atoms with E-state index >= 15 is 0 Å². The van der Waals surface area contributed by atoms with E-state index in [-0.39, 0.29) is 30.3 Å². The van der Waals surface area contributed by atoms with E-state index in [4.69, 9.17) is 0 Å². The van der Waals surface area contributed by atoms with Crippen molar-refractivity contribution in [3.05, 3.63) is 59.4 Å². The van der Waals surface area contributed by atoms with Gasteiger partial charge in [0.25, 0.3) is 0 Å². The van der Waals surface area contributed by atoms with E-state index in [0.717, 1.165) is 37.2 Å². The lowest BCUT2D eigenvalue weighted by molar-refractivity contribution is -0.140. The average Bonchev–Trinajstić information content (AvgIpc) is 3.09. The molecule has 4 heterocycles. The van der Waals surface area contributed by atoms with Crippen LogP contribution in [0.1, 0.15) is 62.5 Å². The molecule has 3 N–H and O–H groups in total. The van der Waals surface area contributed by atoms with Gasteiger partial charge in [-0.1, -0.05) is 30.7 Å². The van der Waals surface area contributed by atoms with Crippen molar-refractivity contribution in [1.82, 2.24) is 24.9 Å². The molecule has 47 heavy (non-hydrogen) atoms. The number of para-hydroxylation sites is 1. The lowest BCUT2D eigenvalue weighted by Crippen LogP contribution is -2.56. The highest BCUT2D eigenvalue weighted by Crippen LogP contribution is 2.28. The molecular weight excluding hydrogens is 601 g/mol.